The van der Waals surface area contributed by atoms with Crippen molar-refractivity contribution in [2.45, 2.75) is 25.8 Å². The van der Waals surface area contributed by atoms with Gasteiger partial charge < -0.3 is 10.7 Å². The highest BCUT2D eigenvalue weighted by Crippen LogP contribution is 2.28. The molecule has 4 nitrogen and oxygen atoms in total. The second-order valence-electron chi connectivity index (χ2n) is 5.00. The van der Waals surface area contributed by atoms with E-state index in [4.69, 9.17) is 10.7 Å². The summed E-state index contributed by atoms with van der Waals surface area (Å²) in [5.74, 6) is 0.501. The largest absolute Gasteiger partial charge is 0.388 e. The lowest BCUT2D eigenvalue weighted by molar-refractivity contribution is 0.291. The van der Waals surface area contributed by atoms with Crippen molar-refractivity contribution in [2.75, 3.05) is 0 Å². The molecule has 0 radical (unpaired) electrons. The summed E-state index contributed by atoms with van der Waals surface area (Å²) in [5.41, 5.74) is 2.70. The summed E-state index contributed by atoms with van der Waals surface area (Å²) in [6.07, 6.45) is 10.5. The molecule has 1 aliphatic carbocycles. The predicted octanol–water partition coefficient (Wildman–Crippen LogP) is 2.83. The Morgan fingerprint density at radius 3 is 3.00 bits per heavy atom. The average Bonchev–Trinajstić information content (AvgIpc) is 2.42. The molecule has 0 atom stereocenters. The van der Waals surface area contributed by atoms with E-state index in [1.54, 1.807) is 12.3 Å². The molecule has 0 spiro atoms. The minimum absolute atomic E-state index is 0.419. The van der Waals surface area contributed by atoms with E-state index in [0.717, 1.165) is 29.7 Å². The van der Waals surface area contributed by atoms with Gasteiger partial charge in [-0.3, -0.25) is 4.98 Å². The van der Waals surface area contributed by atoms with Gasteiger partial charge in [0, 0.05) is 36.3 Å². The molecule has 0 amide bonds. The van der Waals surface area contributed by atoms with E-state index < -0.39 is 0 Å². The summed E-state index contributed by atoms with van der Waals surface area (Å²) in [6.45, 7) is 1.99. The van der Waals surface area contributed by atoms with E-state index >= 15 is 0 Å². The summed E-state index contributed by atoms with van der Waals surface area (Å²) >= 11 is 0. The first-order valence-electron chi connectivity index (χ1n) is 6.69. The molecule has 0 aromatic carbocycles. The lowest BCUT2D eigenvalue weighted by Crippen LogP contribution is -2.37. The first-order valence-corrected chi connectivity index (χ1v) is 6.69. The average molecular weight is 266 g/mol. The molecule has 1 fully saturated rings. The van der Waals surface area contributed by atoms with Crippen LogP contribution in [0, 0.1) is 29.6 Å². The van der Waals surface area contributed by atoms with E-state index in [2.05, 4.69) is 10.3 Å². The molecular weight excluding hydrogens is 248 g/mol. The van der Waals surface area contributed by atoms with Crippen LogP contribution < -0.4 is 5.32 Å². The van der Waals surface area contributed by atoms with Gasteiger partial charge in [0.25, 0.3) is 0 Å². The van der Waals surface area contributed by atoms with Crippen molar-refractivity contribution in [3.8, 4) is 6.07 Å². The molecule has 1 heterocycles. The lowest BCUT2D eigenvalue weighted by Gasteiger charge is -2.33. The first-order chi connectivity index (χ1) is 9.74. The fraction of sp³-hybridized carbons (Fsp3) is 0.312. The van der Waals surface area contributed by atoms with Crippen LogP contribution in [-0.4, -0.2) is 17.2 Å². The van der Waals surface area contributed by atoms with E-state index in [-0.39, 0.29) is 0 Å². The normalized spacial score (nSPS) is 22.1. The predicted molar refractivity (Wildman–Crippen MR) is 80.1 cm³/mol. The highest BCUT2D eigenvalue weighted by atomic mass is 14.9. The molecule has 0 saturated heterocycles. The van der Waals surface area contributed by atoms with Gasteiger partial charge in [0.1, 0.15) is 0 Å². The number of allylic oxidation sites excluding steroid dienone is 3. The summed E-state index contributed by atoms with van der Waals surface area (Å²) < 4.78 is 0. The zero-order valence-corrected chi connectivity index (χ0v) is 11.5. The number of pyridine rings is 1. The van der Waals surface area contributed by atoms with Crippen LogP contribution in [0.4, 0.5) is 0 Å². The zero-order chi connectivity index (χ0) is 14.4. The van der Waals surface area contributed by atoms with Crippen molar-refractivity contribution < 1.29 is 0 Å². The third kappa shape index (κ3) is 3.33. The van der Waals surface area contributed by atoms with Crippen molar-refractivity contribution >= 4 is 11.8 Å². The molecule has 1 aliphatic rings. The summed E-state index contributed by atoms with van der Waals surface area (Å²) in [5, 5.41) is 19.3. The fourth-order valence-electron chi connectivity index (χ4n) is 2.31. The minimum Gasteiger partial charge on any atom is -0.388 e. The Bertz CT molecular complexity index is 574. The van der Waals surface area contributed by atoms with Gasteiger partial charge in [-0.2, -0.15) is 5.26 Å². The highest BCUT2D eigenvalue weighted by Gasteiger charge is 2.26. The number of aromatic nitrogens is 1. The van der Waals surface area contributed by atoms with Gasteiger partial charge in [0.05, 0.1) is 11.8 Å². The smallest absolute Gasteiger partial charge is 0.0908 e. The first kappa shape index (κ1) is 14.0. The van der Waals surface area contributed by atoms with Crippen LogP contribution in [0.3, 0.4) is 0 Å². The van der Waals surface area contributed by atoms with Crippen molar-refractivity contribution in [1.29, 1.82) is 10.7 Å². The Kier molecular flexibility index (Phi) is 4.67. The van der Waals surface area contributed by atoms with Gasteiger partial charge >= 0.3 is 0 Å². The molecular formula is C16H18N4. The van der Waals surface area contributed by atoms with Crippen LogP contribution in [0.2, 0.25) is 0 Å². The topological polar surface area (TPSA) is 72.6 Å². The monoisotopic (exact) mass is 266 g/mol. The lowest BCUT2D eigenvalue weighted by atomic mass is 9.80. The molecule has 1 aromatic rings. The second kappa shape index (κ2) is 6.67. The van der Waals surface area contributed by atoms with E-state index in [9.17, 15) is 0 Å². The van der Waals surface area contributed by atoms with Crippen molar-refractivity contribution in [1.82, 2.24) is 10.3 Å². The van der Waals surface area contributed by atoms with Crippen molar-refractivity contribution in [2.24, 2.45) is 5.92 Å². The van der Waals surface area contributed by atoms with Crippen LogP contribution in [0.5, 0.6) is 0 Å². The Balaban J connectivity index is 1.94. The summed E-state index contributed by atoms with van der Waals surface area (Å²) in [4.78, 5) is 4.32. The molecule has 1 saturated carbocycles. The summed E-state index contributed by atoms with van der Waals surface area (Å²) in [6, 6.07) is 6.32. The number of rotatable bonds is 5. The number of hydrogen-bond donors (Lipinski definition) is 2. The standard InChI is InChI=1S/C16H18N4/c1-12-4-3-7-19-16(12)14(10-18)11-20-15-8-13(9-15)5-2-6-17/h2-5,7,10-11,13,15,18,20H,8-9H2,1H3/b5-2+,14-11+,18-10?/t13-,15-. The van der Waals surface area contributed by atoms with Crippen LogP contribution >= 0.6 is 0 Å². The van der Waals surface area contributed by atoms with Gasteiger partial charge in [0.2, 0.25) is 0 Å². The maximum atomic E-state index is 8.47. The molecule has 20 heavy (non-hydrogen) atoms. The van der Waals surface area contributed by atoms with Crippen molar-refractivity contribution in [3.63, 3.8) is 0 Å². The van der Waals surface area contributed by atoms with Crippen LogP contribution in [0.15, 0.2) is 36.7 Å². The second-order valence-corrected chi connectivity index (χ2v) is 5.00. The van der Waals surface area contributed by atoms with Crippen LogP contribution in [-0.2, 0) is 0 Å². The Morgan fingerprint density at radius 1 is 1.55 bits per heavy atom. The van der Waals surface area contributed by atoms with E-state index in [1.165, 1.54) is 6.21 Å². The SMILES string of the molecule is Cc1cccnc1/C(C=N)=C/N[C@H]1C[C@H](/C=C/C#N)C1. The maximum Gasteiger partial charge on any atom is 0.0908 e. The number of aryl methyl sites for hydroxylation is 1. The molecule has 1 aromatic heterocycles. The van der Waals surface area contributed by atoms with Gasteiger partial charge in [-0.05, 0) is 37.3 Å². The number of nitrogens with zero attached hydrogens (tertiary/aromatic N) is 2. The van der Waals surface area contributed by atoms with Crippen molar-refractivity contribution in [3.05, 3.63) is 47.9 Å². The van der Waals surface area contributed by atoms with E-state index in [1.807, 2.05) is 37.4 Å². The zero-order valence-electron chi connectivity index (χ0n) is 11.5. The molecule has 4 heteroatoms. The van der Waals surface area contributed by atoms with Gasteiger partial charge in [-0.15, -0.1) is 0 Å². The van der Waals surface area contributed by atoms with Gasteiger partial charge in [-0.1, -0.05) is 12.1 Å². The quantitative estimate of drug-likeness (QED) is 0.636. The van der Waals surface area contributed by atoms with E-state index in [0.29, 0.717) is 12.0 Å². The molecule has 0 aliphatic heterocycles. The van der Waals surface area contributed by atoms with Crippen LogP contribution in [0.25, 0.3) is 5.57 Å². The highest BCUT2D eigenvalue weighted by molar-refractivity contribution is 6.07. The Morgan fingerprint density at radius 2 is 2.35 bits per heavy atom. The van der Waals surface area contributed by atoms with Gasteiger partial charge in [-0.25, -0.2) is 0 Å². The number of nitrogens with one attached hydrogen (secondary N) is 2. The molecule has 0 unspecified atom stereocenters. The van der Waals surface area contributed by atoms with Crippen LogP contribution in [0.1, 0.15) is 24.1 Å². The fourth-order valence-corrected chi connectivity index (χ4v) is 2.31. The third-order valence-electron chi connectivity index (χ3n) is 3.53. The molecule has 2 N–H and O–H groups in total. The Labute approximate surface area is 119 Å². The number of nitriles is 1. The minimum atomic E-state index is 0.419. The molecule has 0 bridgehead atoms. The molecule has 2 rings (SSSR count). The third-order valence-corrected chi connectivity index (χ3v) is 3.53. The van der Waals surface area contributed by atoms with Gasteiger partial charge in [0.15, 0.2) is 0 Å². The molecule has 102 valence electrons. The Hall–Kier alpha value is -2.41. The summed E-state index contributed by atoms with van der Waals surface area (Å²) in [7, 11) is 0. The number of hydrogen-bond acceptors (Lipinski definition) is 4. The maximum absolute atomic E-state index is 8.47.